The molecule has 0 amide bonds. The molecule has 0 radical (unpaired) electrons. The average molecular weight is 228 g/mol. The van der Waals surface area contributed by atoms with Gasteiger partial charge in [0.1, 0.15) is 0 Å². The molecular weight excluding hydrogens is 214 g/mol. The number of morpholine rings is 1. The van der Waals surface area contributed by atoms with Crippen LogP contribution in [0.1, 0.15) is 6.92 Å². The second-order valence-corrected chi connectivity index (χ2v) is 5.59. The summed E-state index contributed by atoms with van der Waals surface area (Å²) in [6.07, 6.45) is 0.948. The first kappa shape index (κ1) is 11.2. The molecule has 0 aromatic heterocycles. The highest BCUT2D eigenvalue weighted by Crippen LogP contribution is 2.14. The molecule has 0 bridgehead atoms. The minimum atomic E-state index is -3.11. The van der Waals surface area contributed by atoms with E-state index in [9.17, 15) is 8.42 Å². The molecule has 0 aromatic rings. The van der Waals surface area contributed by atoms with Crippen LogP contribution in [-0.4, -0.2) is 50.2 Å². The maximum atomic E-state index is 11.2. The van der Waals surface area contributed by atoms with Gasteiger partial charge in [0.05, 0.1) is 18.5 Å². The molecule has 4 nitrogen and oxygen atoms in total. The van der Waals surface area contributed by atoms with E-state index in [1.54, 1.807) is 0 Å². The first-order valence-electron chi connectivity index (χ1n) is 4.10. The Kier molecular flexibility index (Phi) is 3.57. The molecule has 6 heteroatoms. The van der Waals surface area contributed by atoms with Gasteiger partial charge in [0, 0.05) is 19.0 Å². The number of ether oxygens (including phenoxy) is 1. The van der Waals surface area contributed by atoms with Gasteiger partial charge in [-0.1, -0.05) is 0 Å². The smallest absolute Gasteiger partial charge is 0.211 e. The van der Waals surface area contributed by atoms with Gasteiger partial charge in [-0.3, -0.25) is 0 Å². The minimum Gasteiger partial charge on any atom is -0.371 e. The van der Waals surface area contributed by atoms with Crippen molar-refractivity contribution in [3.63, 3.8) is 0 Å². The third kappa shape index (κ3) is 3.09. The predicted octanol–water partition coefficient (Wildman–Crippen LogP) is 0.274. The Balaban J connectivity index is 2.68. The molecule has 1 aliphatic heterocycles. The highest BCUT2D eigenvalue weighted by Gasteiger charge is 2.29. The fraction of sp³-hybridized carbons (Fsp3) is 1.00. The van der Waals surface area contributed by atoms with Gasteiger partial charge in [-0.25, -0.2) is 8.42 Å². The van der Waals surface area contributed by atoms with Gasteiger partial charge >= 0.3 is 0 Å². The average Bonchev–Trinajstić information content (AvgIpc) is 2.01. The molecule has 78 valence electrons. The van der Waals surface area contributed by atoms with Crippen LogP contribution in [0.3, 0.4) is 0 Å². The molecule has 0 aliphatic carbocycles. The SMILES string of the molecule is CC1CN(S(C)(=O)=O)CC(CCl)O1. The zero-order valence-corrected chi connectivity index (χ0v) is 9.31. The number of halogens is 1. The van der Waals surface area contributed by atoms with Crippen LogP contribution >= 0.6 is 11.6 Å². The normalized spacial score (nSPS) is 31.9. The van der Waals surface area contributed by atoms with Crippen molar-refractivity contribution in [3.05, 3.63) is 0 Å². The van der Waals surface area contributed by atoms with Crippen molar-refractivity contribution < 1.29 is 13.2 Å². The monoisotopic (exact) mass is 227 g/mol. The third-order valence-electron chi connectivity index (χ3n) is 1.93. The van der Waals surface area contributed by atoms with Crippen LogP contribution in [0.15, 0.2) is 0 Å². The van der Waals surface area contributed by atoms with Gasteiger partial charge in [0.15, 0.2) is 0 Å². The quantitative estimate of drug-likeness (QED) is 0.637. The summed E-state index contributed by atoms with van der Waals surface area (Å²) in [6.45, 7) is 2.63. The second kappa shape index (κ2) is 4.13. The van der Waals surface area contributed by atoms with Crippen LogP contribution in [0, 0.1) is 0 Å². The number of alkyl halides is 1. The van der Waals surface area contributed by atoms with Gasteiger partial charge < -0.3 is 4.74 Å². The lowest BCUT2D eigenvalue weighted by Crippen LogP contribution is -2.49. The topological polar surface area (TPSA) is 46.6 Å². The van der Waals surface area contributed by atoms with Gasteiger partial charge in [-0.2, -0.15) is 4.31 Å². The maximum Gasteiger partial charge on any atom is 0.211 e. The van der Waals surface area contributed by atoms with Crippen LogP contribution < -0.4 is 0 Å². The molecule has 1 rings (SSSR count). The molecule has 1 aliphatic rings. The molecule has 0 aromatic carbocycles. The molecule has 2 atom stereocenters. The van der Waals surface area contributed by atoms with E-state index < -0.39 is 10.0 Å². The number of hydrogen-bond donors (Lipinski definition) is 0. The molecule has 13 heavy (non-hydrogen) atoms. The van der Waals surface area contributed by atoms with Crippen molar-refractivity contribution in [1.29, 1.82) is 0 Å². The summed E-state index contributed by atoms with van der Waals surface area (Å²) in [5, 5.41) is 0. The maximum absolute atomic E-state index is 11.2. The molecule has 1 fully saturated rings. The summed E-state index contributed by atoms with van der Waals surface area (Å²) in [5.74, 6) is 0.330. The molecular formula is C7H14ClNO3S. The number of sulfonamides is 1. The van der Waals surface area contributed by atoms with E-state index in [2.05, 4.69) is 0 Å². The Morgan fingerprint density at radius 3 is 2.62 bits per heavy atom. The third-order valence-corrected chi connectivity index (χ3v) is 3.51. The number of rotatable bonds is 2. The van der Waals surface area contributed by atoms with Crippen molar-refractivity contribution >= 4 is 21.6 Å². The first-order chi connectivity index (χ1) is 5.93. The molecule has 0 N–H and O–H groups in total. The highest BCUT2D eigenvalue weighted by molar-refractivity contribution is 7.88. The van der Waals surface area contributed by atoms with Crippen molar-refractivity contribution in [2.75, 3.05) is 25.2 Å². The van der Waals surface area contributed by atoms with Crippen molar-refractivity contribution in [3.8, 4) is 0 Å². The lowest BCUT2D eigenvalue weighted by Gasteiger charge is -2.34. The predicted molar refractivity (Wildman–Crippen MR) is 51.5 cm³/mol. The fourth-order valence-corrected chi connectivity index (χ4v) is 2.45. The molecule has 1 heterocycles. The van der Waals surface area contributed by atoms with Crippen molar-refractivity contribution in [2.24, 2.45) is 0 Å². The van der Waals surface area contributed by atoms with Crippen LogP contribution in [0.5, 0.6) is 0 Å². The Morgan fingerprint density at radius 1 is 1.54 bits per heavy atom. The van der Waals surface area contributed by atoms with E-state index >= 15 is 0 Å². The summed E-state index contributed by atoms with van der Waals surface area (Å²) in [4.78, 5) is 0. The van der Waals surface area contributed by atoms with Gasteiger partial charge in [0.2, 0.25) is 10.0 Å². The molecule has 0 spiro atoms. The minimum absolute atomic E-state index is 0.0766. The zero-order chi connectivity index (χ0) is 10.1. The Hall–Kier alpha value is 0.160. The van der Waals surface area contributed by atoms with Crippen molar-refractivity contribution in [2.45, 2.75) is 19.1 Å². The van der Waals surface area contributed by atoms with Crippen LogP contribution in [0.2, 0.25) is 0 Å². The number of hydrogen-bond acceptors (Lipinski definition) is 3. The van der Waals surface area contributed by atoms with Crippen LogP contribution in [0.25, 0.3) is 0 Å². The van der Waals surface area contributed by atoms with E-state index in [0.717, 1.165) is 0 Å². The van der Waals surface area contributed by atoms with E-state index in [-0.39, 0.29) is 12.2 Å². The van der Waals surface area contributed by atoms with Gasteiger partial charge in [-0.05, 0) is 6.92 Å². The van der Waals surface area contributed by atoms with E-state index in [1.807, 2.05) is 6.92 Å². The standard InChI is InChI=1S/C7H14ClNO3S/c1-6-4-9(13(2,10)11)5-7(3-8)12-6/h6-7H,3-5H2,1-2H3. The molecule has 1 saturated heterocycles. The largest absolute Gasteiger partial charge is 0.371 e. The van der Waals surface area contributed by atoms with Crippen molar-refractivity contribution in [1.82, 2.24) is 4.31 Å². The summed E-state index contributed by atoms with van der Waals surface area (Å²) in [5.41, 5.74) is 0. The van der Waals surface area contributed by atoms with Crippen LogP contribution in [0.4, 0.5) is 0 Å². The Bertz CT molecular complexity index is 267. The summed E-state index contributed by atoms with van der Waals surface area (Å²) < 4.78 is 29.3. The first-order valence-corrected chi connectivity index (χ1v) is 6.48. The van der Waals surface area contributed by atoms with E-state index in [0.29, 0.717) is 19.0 Å². The summed E-state index contributed by atoms with van der Waals surface area (Å²) in [7, 11) is -3.11. The fourth-order valence-electron chi connectivity index (χ4n) is 1.36. The van der Waals surface area contributed by atoms with E-state index in [4.69, 9.17) is 16.3 Å². The summed E-state index contributed by atoms with van der Waals surface area (Å²) >= 11 is 5.61. The number of nitrogens with zero attached hydrogens (tertiary/aromatic N) is 1. The Morgan fingerprint density at radius 2 is 2.15 bits per heavy atom. The molecule has 2 unspecified atom stereocenters. The van der Waals surface area contributed by atoms with Crippen LogP contribution in [-0.2, 0) is 14.8 Å². The highest BCUT2D eigenvalue weighted by atomic mass is 35.5. The zero-order valence-electron chi connectivity index (χ0n) is 7.73. The van der Waals surface area contributed by atoms with Gasteiger partial charge in [0.25, 0.3) is 0 Å². The summed E-state index contributed by atoms with van der Waals surface area (Å²) in [6, 6.07) is 0. The Labute approximate surface area is 83.9 Å². The van der Waals surface area contributed by atoms with Gasteiger partial charge in [-0.15, -0.1) is 11.6 Å². The lowest BCUT2D eigenvalue weighted by atomic mass is 10.3. The molecule has 0 saturated carbocycles. The van der Waals surface area contributed by atoms with E-state index in [1.165, 1.54) is 10.6 Å². The second-order valence-electron chi connectivity index (χ2n) is 3.30. The lowest BCUT2D eigenvalue weighted by molar-refractivity contribution is -0.0421.